The summed E-state index contributed by atoms with van der Waals surface area (Å²) >= 11 is 1.92. The third-order valence-electron chi connectivity index (χ3n) is 4.15. The van der Waals surface area contributed by atoms with E-state index in [1.165, 1.54) is 40.8 Å². The second kappa shape index (κ2) is 5.68. The van der Waals surface area contributed by atoms with E-state index in [4.69, 9.17) is 5.84 Å². The number of aryl methyl sites for hydroxylation is 2. The number of hydrazine groups is 1. The first-order valence-electron chi connectivity index (χ1n) is 7.36. The van der Waals surface area contributed by atoms with Crippen molar-refractivity contribution in [1.29, 1.82) is 0 Å². The van der Waals surface area contributed by atoms with E-state index in [1.807, 2.05) is 11.3 Å². The Labute approximate surface area is 125 Å². The van der Waals surface area contributed by atoms with Crippen LogP contribution in [-0.2, 0) is 12.8 Å². The lowest BCUT2D eigenvalue weighted by Crippen LogP contribution is -2.28. The maximum atomic E-state index is 5.81. The molecule has 0 amide bonds. The van der Waals surface area contributed by atoms with Crippen LogP contribution >= 0.6 is 11.3 Å². The molecule has 1 heterocycles. The molecule has 106 valence electrons. The van der Waals surface area contributed by atoms with Gasteiger partial charge in [-0.15, -0.1) is 11.3 Å². The van der Waals surface area contributed by atoms with Crippen LogP contribution in [0.1, 0.15) is 58.7 Å². The summed E-state index contributed by atoms with van der Waals surface area (Å²) in [4.78, 5) is 2.90. The Hall–Kier alpha value is -1.16. The number of rotatable bonds is 4. The van der Waals surface area contributed by atoms with Crippen molar-refractivity contribution in [3.63, 3.8) is 0 Å². The van der Waals surface area contributed by atoms with E-state index in [-0.39, 0.29) is 6.04 Å². The van der Waals surface area contributed by atoms with Crippen LogP contribution in [0.2, 0.25) is 0 Å². The Balaban J connectivity index is 1.88. The summed E-state index contributed by atoms with van der Waals surface area (Å²) < 4.78 is 0. The molecular weight excluding hydrogens is 264 g/mol. The number of fused-ring (bicyclic) bond motifs is 1. The molecule has 1 atom stereocenters. The predicted octanol–water partition coefficient (Wildman–Crippen LogP) is 3.91. The molecule has 3 heteroatoms. The van der Waals surface area contributed by atoms with Gasteiger partial charge in [-0.05, 0) is 47.9 Å². The zero-order valence-corrected chi connectivity index (χ0v) is 13.0. The molecular formula is C17H22N2S. The molecule has 0 radical (unpaired) electrons. The van der Waals surface area contributed by atoms with Crippen molar-refractivity contribution in [2.45, 2.75) is 45.1 Å². The van der Waals surface area contributed by atoms with E-state index in [0.717, 1.165) is 0 Å². The first kappa shape index (κ1) is 13.8. The predicted molar refractivity (Wildman–Crippen MR) is 86.0 cm³/mol. The molecule has 0 bridgehead atoms. The molecule has 1 aromatic heterocycles. The highest BCUT2D eigenvalue weighted by Gasteiger charge is 2.20. The minimum atomic E-state index is 0.117. The highest BCUT2D eigenvalue weighted by Crippen LogP contribution is 2.36. The van der Waals surface area contributed by atoms with Crippen LogP contribution in [0.4, 0.5) is 0 Å². The van der Waals surface area contributed by atoms with Crippen LogP contribution in [0.3, 0.4) is 0 Å². The lowest BCUT2D eigenvalue weighted by molar-refractivity contribution is 0.645. The number of hydrogen-bond donors (Lipinski definition) is 2. The van der Waals surface area contributed by atoms with E-state index < -0.39 is 0 Å². The van der Waals surface area contributed by atoms with Gasteiger partial charge >= 0.3 is 0 Å². The second-order valence-electron chi connectivity index (χ2n) is 5.87. The molecule has 0 saturated carbocycles. The molecule has 3 N–H and O–H groups in total. The maximum absolute atomic E-state index is 5.81. The van der Waals surface area contributed by atoms with Crippen molar-refractivity contribution in [3.05, 3.63) is 56.8 Å². The van der Waals surface area contributed by atoms with E-state index in [2.05, 4.69) is 49.6 Å². The van der Waals surface area contributed by atoms with Gasteiger partial charge < -0.3 is 0 Å². The van der Waals surface area contributed by atoms with Gasteiger partial charge in [0.1, 0.15) is 0 Å². The van der Waals surface area contributed by atoms with Crippen LogP contribution in [0.5, 0.6) is 0 Å². The Morgan fingerprint density at radius 1 is 1.10 bits per heavy atom. The summed E-state index contributed by atoms with van der Waals surface area (Å²) in [6.07, 6.45) is 3.78. The average molecular weight is 286 g/mol. The fraction of sp³-hybridized carbons (Fsp3) is 0.412. The molecule has 3 rings (SSSR count). The first-order valence-corrected chi connectivity index (χ1v) is 8.18. The second-order valence-corrected chi connectivity index (χ2v) is 7.04. The number of hydrogen-bond acceptors (Lipinski definition) is 3. The minimum Gasteiger partial charge on any atom is -0.271 e. The summed E-state index contributed by atoms with van der Waals surface area (Å²) in [6, 6.07) is 11.3. The van der Waals surface area contributed by atoms with Crippen LogP contribution in [0.25, 0.3) is 0 Å². The molecule has 0 spiro atoms. The Kier molecular flexibility index (Phi) is 3.92. The fourth-order valence-electron chi connectivity index (χ4n) is 2.91. The van der Waals surface area contributed by atoms with Crippen LogP contribution < -0.4 is 11.3 Å². The Morgan fingerprint density at radius 3 is 2.40 bits per heavy atom. The summed E-state index contributed by atoms with van der Waals surface area (Å²) in [5, 5.41) is 0. The summed E-state index contributed by atoms with van der Waals surface area (Å²) in [7, 11) is 0. The molecule has 1 aromatic carbocycles. The molecule has 2 aromatic rings. The average Bonchev–Trinajstić information content (AvgIpc) is 3.01. The molecule has 1 aliphatic rings. The van der Waals surface area contributed by atoms with Gasteiger partial charge in [-0.25, -0.2) is 5.43 Å². The topological polar surface area (TPSA) is 38.0 Å². The zero-order chi connectivity index (χ0) is 14.1. The van der Waals surface area contributed by atoms with Crippen molar-refractivity contribution in [1.82, 2.24) is 5.43 Å². The van der Waals surface area contributed by atoms with Gasteiger partial charge in [0.2, 0.25) is 0 Å². The van der Waals surface area contributed by atoms with Crippen LogP contribution in [-0.4, -0.2) is 0 Å². The quantitative estimate of drug-likeness (QED) is 0.660. The molecule has 20 heavy (non-hydrogen) atoms. The number of thiophene rings is 1. The molecule has 1 aliphatic carbocycles. The third kappa shape index (κ3) is 2.53. The van der Waals surface area contributed by atoms with Gasteiger partial charge in [-0.3, -0.25) is 5.84 Å². The Bertz CT molecular complexity index is 562. The van der Waals surface area contributed by atoms with Gasteiger partial charge in [0.15, 0.2) is 0 Å². The zero-order valence-electron chi connectivity index (χ0n) is 12.1. The molecule has 0 aliphatic heterocycles. The lowest BCUT2D eigenvalue weighted by atomic mass is 9.98. The van der Waals surface area contributed by atoms with Crippen molar-refractivity contribution < 1.29 is 0 Å². The van der Waals surface area contributed by atoms with Gasteiger partial charge in [0.05, 0.1) is 6.04 Å². The normalized spacial score (nSPS) is 15.6. The monoisotopic (exact) mass is 286 g/mol. The first-order chi connectivity index (χ1) is 9.69. The minimum absolute atomic E-state index is 0.117. The van der Waals surface area contributed by atoms with E-state index in [9.17, 15) is 0 Å². The van der Waals surface area contributed by atoms with Gasteiger partial charge in [0.25, 0.3) is 0 Å². The van der Waals surface area contributed by atoms with Crippen LogP contribution in [0, 0.1) is 0 Å². The molecule has 0 saturated heterocycles. The number of nitrogens with one attached hydrogen (secondary N) is 1. The molecule has 2 nitrogen and oxygen atoms in total. The van der Waals surface area contributed by atoms with Crippen molar-refractivity contribution in [3.8, 4) is 0 Å². The molecule has 0 fully saturated rings. The van der Waals surface area contributed by atoms with Gasteiger partial charge in [-0.2, -0.15) is 0 Å². The van der Waals surface area contributed by atoms with Crippen LogP contribution in [0.15, 0.2) is 30.3 Å². The largest absolute Gasteiger partial charge is 0.271 e. The van der Waals surface area contributed by atoms with Crippen molar-refractivity contribution >= 4 is 11.3 Å². The molecule has 1 unspecified atom stereocenters. The van der Waals surface area contributed by atoms with E-state index >= 15 is 0 Å². The highest BCUT2D eigenvalue weighted by molar-refractivity contribution is 7.12. The highest BCUT2D eigenvalue weighted by atomic mass is 32.1. The van der Waals surface area contributed by atoms with Gasteiger partial charge in [0, 0.05) is 9.75 Å². The number of benzene rings is 1. The summed E-state index contributed by atoms with van der Waals surface area (Å²) in [5.41, 5.74) is 7.13. The van der Waals surface area contributed by atoms with E-state index in [1.54, 1.807) is 4.88 Å². The third-order valence-corrected chi connectivity index (χ3v) is 5.46. The van der Waals surface area contributed by atoms with Crippen molar-refractivity contribution in [2.24, 2.45) is 5.84 Å². The Morgan fingerprint density at radius 2 is 1.80 bits per heavy atom. The SMILES string of the molecule is CC(C)c1ccc(C(NN)c2cc3c(s2)CCC3)cc1. The lowest BCUT2D eigenvalue weighted by Gasteiger charge is -2.16. The smallest absolute Gasteiger partial charge is 0.0802 e. The summed E-state index contributed by atoms with van der Waals surface area (Å²) in [6.45, 7) is 4.44. The van der Waals surface area contributed by atoms with Crippen molar-refractivity contribution in [2.75, 3.05) is 0 Å². The standard InChI is InChI=1S/C17H22N2S/c1-11(2)12-6-8-13(9-7-12)17(19-18)16-10-14-4-3-5-15(14)20-16/h6-11,17,19H,3-5,18H2,1-2H3. The number of nitrogens with two attached hydrogens (primary N) is 1. The van der Waals surface area contributed by atoms with Gasteiger partial charge in [-0.1, -0.05) is 38.1 Å². The fourth-order valence-corrected chi connectivity index (χ4v) is 4.26. The maximum Gasteiger partial charge on any atom is 0.0802 e. The summed E-state index contributed by atoms with van der Waals surface area (Å²) in [5.74, 6) is 6.38. The van der Waals surface area contributed by atoms with E-state index in [0.29, 0.717) is 5.92 Å².